The van der Waals surface area contributed by atoms with E-state index in [-0.39, 0.29) is 22.8 Å². The molecule has 0 aliphatic heterocycles. The van der Waals surface area contributed by atoms with E-state index in [1.165, 1.54) is 11.8 Å². The average Bonchev–Trinajstić information content (AvgIpc) is 2.77. The summed E-state index contributed by atoms with van der Waals surface area (Å²) in [5, 5.41) is 16.3. The number of aromatic carboxylic acids is 1. The number of thioether (sulfide) groups is 1. The zero-order valence-electron chi connectivity index (χ0n) is 10.3. The van der Waals surface area contributed by atoms with Crippen LogP contribution in [0.4, 0.5) is 13.2 Å². The highest BCUT2D eigenvalue weighted by Gasteiger charge is 2.35. The van der Waals surface area contributed by atoms with Crippen LogP contribution in [0.15, 0.2) is 12.1 Å². The molecule has 1 N–H and O–H groups in total. The van der Waals surface area contributed by atoms with E-state index >= 15 is 0 Å². The van der Waals surface area contributed by atoms with Crippen LogP contribution in [-0.2, 0) is 11.9 Å². The first kappa shape index (κ1) is 14.6. The van der Waals surface area contributed by atoms with Gasteiger partial charge in [0.05, 0.1) is 5.75 Å². The van der Waals surface area contributed by atoms with Gasteiger partial charge < -0.3 is 5.11 Å². The van der Waals surface area contributed by atoms with E-state index in [0.717, 1.165) is 16.5 Å². The molecule has 2 aromatic rings. The van der Waals surface area contributed by atoms with Crippen LogP contribution < -0.4 is 0 Å². The molecule has 2 aromatic heterocycles. The van der Waals surface area contributed by atoms with Crippen molar-refractivity contribution in [3.05, 3.63) is 29.2 Å². The largest absolute Gasteiger partial charge is 0.478 e. The summed E-state index contributed by atoms with van der Waals surface area (Å²) in [5.41, 5.74) is -1.58. The molecule has 0 atom stereocenters. The fraction of sp³-hybridized carbons (Fsp3) is 0.364. The monoisotopic (exact) mass is 305 g/mol. The zero-order chi connectivity index (χ0) is 14.9. The molecule has 0 bridgehead atoms. The number of nitrogens with zero attached hydrogens (tertiary/aromatic N) is 3. The standard InChI is InChI=1S/C11H10F3N3O2S/c1-2-20-5-8-15-16-9-6(10(18)19)3-4-7(17(8)9)11(12,13)14/h3-4H,2,5H2,1H3,(H,18,19). The van der Waals surface area contributed by atoms with Gasteiger partial charge >= 0.3 is 12.1 Å². The second-order valence-electron chi connectivity index (χ2n) is 3.85. The van der Waals surface area contributed by atoms with Crippen molar-refractivity contribution in [3.8, 4) is 0 Å². The number of carbonyl (C=O) groups is 1. The lowest BCUT2D eigenvalue weighted by atomic mass is 10.2. The molecule has 0 amide bonds. The summed E-state index contributed by atoms with van der Waals surface area (Å²) in [6.07, 6.45) is -4.61. The number of alkyl halides is 3. The minimum absolute atomic E-state index is 0.0854. The summed E-state index contributed by atoms with van der Waals surface area (Å²) in [4.78, 5) is 11.0. The smallest absolute Gasteiger partial charge is 0.431 e. The highest BCUT2D eigenvalue weighted by molar-refractivity contribution is 7.98. The van der Waals surface area contributed by atoms with Crippen molar-refractivity contribution < 1.29 is 23.1 Å². The zero-order valence-corrected chi connectivity index (χ0v) is 11.1. The topological polar surface area (TPSA) is 67.5 Å². The van der Waals surface area contributed by atoms with E-state index < -0.39 is 17.8 Å². The van der Waals surface area contributed by atoms with Gasteiger partial charge in [-0.3, -0.25) is 4.40 Å². The number of fused-ring (bicyclic) bond motifs is 1. The number of carboxylic acid groups (broad SMARTS) is 1. The van der Waals surface area contributed by atoms with Crippen molar-refractivity contribution in [2.24, 2.45) is 0 Å². The quantitative estimate of drug-likeness (QED) is 0.940. The van der Waals surface area contributed by atoms with E-state index in [0.29, 0.717) is 5.75 Å². The van der Waals surface area contributed by atoms with Crippen molar-refractivity contribution in [1.82, 2.24) is 14.6 Å². The second kappa shape index (κ2) is 5.31. The first-order valence-electron chi connectivity index (χ1n) is 5.61. The van der Waals surface area contributed by atoms with Gasteiger partial charge in [-0.2, -0.15) is 24.9 Å². The van der Waals surface area contributed by atoms with Gasteiger partial charge in [-0.05, 0) is 17.9 Å². The summed E-state index contributed by atoms with van der Waals surface area (Å²) in [5.74, 6) is -0.327. The molecule has 0 aliphatic rings. The van der Waals surface area contributed by atoms with E-state index in [2.05, 4.69) is 10.2 Å². The Morgan fingerprint density at radius 1 is 1.40 bits per heavy atom. The molecule has 5 nitrogen and oxygen atoms in total. The third-order valence-corrected chi connectivity index (χ3v) is 3.45. The van der Waals surface area contributed by atoms with Crippen LogP contribution in [-0.4, -0.2) is 31.4 Å². The van der Waals surface area contributed by atoms with Gasteiger partial charge in [0, 0.05) is 0 Å². The number of carboxylic acids is 1. The molecule has 0 spiro atoms. The molecular formula is C11H10F3N3O2S. The Bertz CT molecular complexity index is 654. The normalized spacial score (nSPS) is 12.0. The Kier molecular flexibility index (Phi) is 3.89. The molecule has 0 fully saturated rings. The van der Waals surface area contributed by atoms with Gasteiger partial charge in [0.15, 0.2) is 5.65 Å². The van der Waals surface area contributed by atoms with Crippen molar-refractivity contribution in [2.45, 2.75) is 18.9 Å². The Balaban J connectivity index is 2.71. The second-order valence-corrected chi connectivity index (χ2v) is 5.12. The molecule has 0 aromatic carbocycles. The third kappa shape index (κ3) is 2.58. The number of pyridine rings is 1. The molecule has 9 heteroatoms. The van der Waals surface area contributed by atoms with Gasteiger partial charge in [0.1, 0.15) is 17.1 Å². The van der Waals surface area contributed by atoms with E-state index in [4.69, 9.17) is 5.11 Å². The van der Waals surface area contributed by atoms with Crippen molar-refractivity contribution in [2.75, 3.05) is 5.75 Å². The van der Waals surface area contributed by atoms with Crippen LogP contribution in [0.3, 0.4) is 0 Å². The highest BCUT2D eigenvalue weighted by atomic mass is 32.2. The van der Waals surface area contributed by atoms with Crippen LogP contribution in [0.1, 0.15) is 28.8 Å². The summed E-state index contributed by atoms with van der Waals surface area (Å²) in [6, 6.07) is 1.63. The van der Waals surface area contributed by atoms with Crippen molar-refractivity contribution in [1.29, 1.82) is 0 Å². The summed E-state index contributed by atoms with van der Waals surface area (Å²) >= 11 is 1.38. The Hall–Kier alpha value is -1.77. The van der Waals surface area contributed by atoms with Crippen LogP contribution >= 0.6 is 11.8 Å². The van der Waals surface area contributed by atoms with Gasteiger partial charge in [0.25, 0.3) is 0 Å². The number of aromatic nitrogens is 3. The Labute approximate surface area is 115 Å². The maximum Gasteiger partial charge on any atom is 0.431 e. The number of hydrogen-bond acceptors (Lipinski definition) is 4. The van der Waals surface area contributed by atoms with E-state index in [1.54, 1.807) is 0 Å². The molecule has 0 radical (unpaired) electrons. The molecule has 0 aliphatic carbocycles. The molecular weight excluding hydrogens is 295 g/mol. The van der Waals surface area contributed by atoms with Gasteiger partial charge in [-0.1, -0.05) is 6.92 Å². The third-order valence-electron chi connectivity index (χ3n) is 2.58. The lowest BCUT2D eigenvalue weighted by Crippen LogP contribution is -2.15. The summed E-state index contributed by atoms with van der Waals surface area (Å²) in [7, 11) is 0. The molecule has 20 heavy (non-hydrogen) atoms. The predicted molar refractivity (Wildman–Crippen MR) is 66.8 cm³/mol. The fourth-order valence-corrected chi connectivity index (χ4v) is 2.30. The van der Waals surface area contributed by atoms with Crippen molar-refractivity contribution in [3.63, 3.8) is 0 Å². The number of hydrogen-bond donors (Lipinski definition) is 1. The van der Waals surface area contributed by atoms with E-state index in [1.807, 2.05) is 6.92 Å². The molecule has 0 saturated heterocycles. The Morgan fingerprint density at radius 3 is 2.65 bits per heavy atom. The molecule has 2 heterocycles. The average molecular weight is 305 g/mol. The maximum absolute atomic E-state index is 13.0. The molecule has 108 valence electrons. The van der Waals surface area contributed by atoms with Crippen LogP contribution in [0.25, 0.3) is 5.65 Å². The number of halogens is 3. The lowest BCUT2D eigenvalue weighted by molar-refractivity contribution is -0.142. The van der Waals surface area contributed by atoms with Crippen LogP contribution in [0.2, 0.25) is 0 Å². The first-order valence-corrected chi connectivity index (χ1v) is 6.77. The summed E-state index contributed by atoms with van der Waals surface area (Å²) < 4.78 is 39.8. The summed E-state index contributed by atoms with van der Waals surface area (Å²) in [6.45, 7) is 1.86. The molecule has 0 unspecified atom stereocenters. The first-order chi connectivity index (χ1) is 9.36. The van der Waals surface area contributed by atoms with Crippen molar-refractivity contribution >= 4 is 23.4 Å². The molecule has 2 rings (SSSR count). The SMILES string of the molecule is CCSCc1nnc2c(C(=O)O)ccc(C(F)(F)F)n12. The van der Waals surface area contributed by atoms with Crippen LogP contribution in [0.5, 0.6) is 0 Å². The Morgan fingerprint density at radius 2 is 2.10 bits per heavy atom. The molecule has 0 saturated carbocycles. The van der Waals surface area contributed by atoms with Gasteiger partial charge in [-0.15, -0.1) is 10.2 Å². The van der Waals surface area contributed by atoms with Crippen LogP contribution in [0, 0.1) is 0 Å². The minimum Gasteiger partial charge on any atom is -0.478 e. The maximum atomic E-state index is 13.0. The van der Waals surface area contributed by atoms with E-state index in [9.17, 15) is 18.0 Å². The minimum atomic E-state index is -4.61. The van der Waals surface area contributed by atoms with Gasteiger partial charge in [-0.25, -0.2) is 4.79 Å². The lowest BCUT2D eigenvalue weighted by Gasteiger charge is -2.11. The van der Waals surface area contributed by atoms with Gasteiger partial charge in [0.2, 0.25) is 0 Å². The predicted octanol–water partition coefficient (Wildman–Crippen LogP) is 2.70. The number of rotatable bonds is 4. The fourth-order valence-electron chi connectivity index (χ4n) is 1.73. The highest BCUT2D eigenvalue weighted by Crippen LogP contribution is 2.31.